The number of carbonyl (C=O) groups is 1. The van der Waals surface area contributed by atoms with Crippen molar-refractivity contribution >= 4 is 5.97 Å². The average molecular weight is 240 g/mol. The average Bonchev–Trinajstić information content (AvgIpc) is 2.38. The fourth-order valence-electron chi connectivity index (χ4n) is 1.28. The van der Waals surface area contributed by atoms with Crippen LogP contribution in [0.25, 0.3) is 0 Å². The van der Waals surface area contributed by atoms with Gasteiger partial charge in [-0.05, 0) is 18.2 Å². The van der Waals surface area contributed by atoms with Crippen LogP contribution in [0, 0.1) is 0 Å². The molecule has 0 radical (unpaired) electrons. The zero-order valence-electron chi connectivity index (χ0n) is 9.93. The quantitative estimate of drug-likeness (QED) is 0.598. The van der Waals surface area contributed by atoms with Gasteiger partial charge in [0, 0.05) is 13.0 Å². The van der Waals surface area contributed by atoms with E-state index in [4.69, 9.17) is 14.6 Å². The summed E-state index contributed by atoms with van der Waals surface area (Å²) in [6.45, 7) is 0.413. The largest absolute Gasteiger partial charge is 0.493 e. The second kappa shape index (κ2) is 6.75. The van der Waals surface area contributed by atoms with E-state index in [0.29, 0.717) is 30.1 Å². The van der Waals surface area contributed by atoms with E-state index in [9.17, 15) is 4.79 Å². The number of esters is 1. The predicted molar refractivity (Wildman–Crippen MR) is 61.5 cm³/mol. The van der Waals surface area contributed by atoms with Crippen LogP contribution in [0.4, 0.5) is 0 Å². The summed E-state index contributed by atoms with van der Waals surface area (Å²) in [5.74, 6) is 0.569. The first-order chi connectivity index (χ1) is 8.22. The maximum Gasteiger partial charge on any atom is 0.337 e. The van der Waals surface area contributed by atoms with Gasteiger partial charge in [0.05, 0.1) is 26.4 Å². The van der Waals surface area contributed by atoms with E-state index >= 15 is 0 Å². The standard InChI is InChI=1S/C12H16O5/c1-15-10-5-4-9(12(14)16-2)8-11(10)17-7-3-6-13/h4-5,8,13H,3,6-7H2,1-2H3. The summed E-state index contributed by atoms with van der Waals surface area (Å²) in [4.78, 5) is 11.3. The molecule has 0 saturated carbocycles. The van der Waals surface area contributed by atoms with Crippen molar-refractivity contribution in [2.45, 2.75) is 6.42 Å². The summed E-state index contributed by atoms with van der Waals surface area (Å²) in [5, 5.41) is 8.67. The lowest BCUT2D eigenvalue weighted by Gasteiger charge is -2.11. The van der Waals surface area contributed by atoms with Crippen molar-refractivity contribution in [2.75, 3.05) is 27.4 Å². The van der Waals surface area contributed by atoms with E-state index in [1.807, 2.05) is 0 Å². The van der Waals surface area contributed by atoms with Crippen LogP contribution in [0.3, 0.4) is 0 Å². The van der Waals surface area contributed by atoms with Crippen molar-refractivity contribution < 1.29 is 24.1 Å². The Labute approximate surface area is 99.9 Å². The van der Waals surface area contributed by atoms with Gasteiger partial charge in [-0.1, -0.05) is 0 Å². The predicted octanol–water partition coefficient (Wildman–Crippen LogP) is 1.24. The maximum absolute atomic E-state index is 11.3. The summed E-state index contributed by atoms with van der Waals surface area (Å²) in [6, 6.07) is 4.80. The molecular weight excluding hydrogens is 224 g/mol. The molecule has 0 atom stereocenters. The molecule has 0 fully saturated rings. The normalized spacial score (nSPS) is 9.82. The van der Waals surface area contributed by atoms with Crippen molar-refractivity contribution in [1.29, 1.82) is 0 Å². The van der Waals surface area contributed by atoms with E-state index in [0.717, 1.165) is 0 Å². The van der Waals surface area contributed by atoms with Gasteiger partial charge < -0.3 is 19.3 Å². The Kier molecular flexibility index (Phi) is 5.29. The monoisotopic (exact) mass is 240 g/mol. The Morgan fingerprint density at radius 1 is 1.29 bits per heavy atom. The number of aliphatic hydroxyl groups is 1. The van der Waals surface area contributed by atoms with Crippen LogP contribution in [0.2, 0.25) is 0 Å². The van der Waals surface area contributed by atoms with E-state index in [-0.39, 0.29) is 6.61 Å². The minimum atomic E-state index is -0.431. The molecule has 0 amide bonds. The van der Waals surface area contributed by atoms with Crippen LogP contribution in [0.1, 0.15) is 16.8 Å². The lowest BCUT2D eigenvalue weighted by molar-refractivity contribution is 0.0600. The smallest absolute Gasteiger partial charge is 0.337 e. The first-order valence-electron chi connectivity index (χ1n) is 5.23. The van der Waals surface area contributed by atoms with Crippen LogP contribution in [0.15, 0.2) is 18.2 Å². The summed E-state index contributed by atoms with van der Waals surface area (Å²) in [7, 11) is 2.84. The zero-order valence-corrected chi connectivity index (χ0v) is 9.93. The highest BCUT2D eigenvalue weighted by molar-refractivity contribution is 5.90. The van der Waals surface area contributed by atoms with Crippen molar-refractivity contribution in [3.8, 4) is 11.5 Å². The van der Waals surface area contributed by atoms with Gasteiger partial charge in [-0.3, -0.25) is 0 Å². The number of hydrogen-bond acceptors (Lipinski definition) is 5. The number of hydrogen-bond donors (Lipinski definition) is 1. The Balaban J connectivity index is 2.86. The molecule has 94 valence electrons. The van der Waals surface area contributed by atoms with Gasteiger partial charge in [-0.15, -0.1) is 0 Å². The highest BCUT2D eigenvalue weighted by Crippen LogP contribution is 2.28. The van der Waals surface area contributed by atoms with Gasteiger partial charge in [0.2, 0.25) is 0 Å². The van der Waals surface area contributed by atoms with Crippen LogP contribution < -0.4 is 9.47 Å². The lowest BCUT2D eigenvalue weighted by Crippen LogP contribution is -2.05. The second-order valence-corrected chi connectivity index (χ2v) is 3.28. The number of benzene rings is 1. The molecule has 5 nitrogen and oxygen atoms in total. The minimum absolute atomic E-state index is 0.0546. The van der Waals surface area contributed by atoms with Crippen molar-refractivity contribution in [2.24, 2.45) is 0 Å². The topological polar surface area (TPSA) is 65.0 Å². The third-order valence-corrected chi connectivity index (χ3v) is 2.14. The van der Waals surface area contributed by atoms with Gasteiger partial charge in [0.15, 0.2) is 11.5 Å². The third kappa shape index (κ3) is 3.64. The summed E-state index contributed by atoms with van der Waals surface area (Å²) < 4.78 is 15.1. The fraction of sp³-hybridized carbons (Fsp3) is 0.417. The maximum atomic E-state index is 11.3. The zero-order chi connectivity index (χ0) is 12.7. The summed E-state index contributed by atoms with van der Waals surface area (Å²) >= 11 is 0. The van der Waals surface area contributed by atoms with Crippen molar-refractivity contribution in [3.05, 3.63) is 23.8 Å². The SMILES string of the molecule is COC(=O)c1ccc(OC)c(OCCCO)c1. The summed E-state index contributed by atoms with van der Waals surface area (Å²) in [5.41, 5.74) is 0.396. The molecule has 0 unspecified atom stereocenters. The molecular formula is C12H16O5. The molecule has 0 aliphatic rings. The Hall–Kier alpha value is -1.75. The van der Waals surface area contributed by atoms with Crippen LogP contribution in [0.5, 0.6) is 11.5 Å². The van der Waals surface area contributed by atoms with Crippen LogP contribution in [-0.2, 0) is 4.74 Å². The Bertz CT molecular complexity index is 375. The number of ether oxygens (including phenoxy) is 3. The molecule has 1 aromatic rings. The summed E-state index contributed by atoms with van der Waals surface area (Å²) in [6.07, 6.45) is 0.519. The molecule has 0 aromatic heterocycles. The number of methoxy groups -OCH3 is 2. The molecule has 1 rings (SSSR count). The van der Waals surface area contributed by atoms with E-state index < -0.39 is 5.97 Å². The van der Waals surface area contributed by atoms with Crippen molar-refractivity contribution in [3.63, 3.8) is 0 Å². The molecule has 1 N–H and O–H groups in total. The molecule has 17 heavy (non-hydrogen) atoms. The molecule has 0 aliphatic carbocycles. The second-order valence-electron chi connectivity index (χ2n) is 3.28. The first kappa shape index (κ1) is 13.3. The van der Waals surface area contributed by atoms with Crippen LogP contribution >= 0.6 is 0 Å². The number of aliphatic hydroxyl groups excluding tert-OH is 1. The highest BCUT2D eigenvalue weighted by Gasteiger charge is 2.11. The van der Waals surface area contributed by atoms with Gasteiger partial charge in [0.25, 0.3) is 0 Å². The van der Waals surface area contributed by atoms with Gasteiger partial charge in [0.1, 0.15) is 0 Å². The van der Waals surface area contributed by atoms with Crippen LogP contribution in [-0.4, -0.2) is 38.5 Å². The first-order valence-corrected chi connectivity index (χ1v) is 5.23. The molecule has 5 heteroatoms. The highest BCUT2D eigenvalue weighted by atomic mass is 16.5. The minimum Gasteiger partial charge on any atom is -0.493 e. The van der Waals surface area contributed by atoms with Gasteiger partial charge >= 0.3 is 5.97 Å². The molecule has 0 heterocycles. The number of carbonyl (C=O) groups excluding carboxylic acids is 1. The molecule has 1 aromatic carbocycles. The van der Waals surface area contributed by atoms with E-state index in [1.165, 1.54) is 14.2 Å². The third-order valence-electron chi connectivity index (χ3n) is 2.14. The lowest BCUT2D eigenvalue weighted by atomic mass is 10.2. The van der Waals surface area contributed by atoms with Gasteiger partial charge in [-0.25, -0.2) is 4.79 Å². The Morgan fingerprint density at radius 2 is 2.06 bits per heavy atom. The van der Waals surface area contributed by atoms with E-state index in [2.05, 4.69) is 4.74 Å². The molecule has 0 bridgehead atoms. The number of rotatable bonds is 6. The molecule has 0 spiro atoms. The van der Waals surface area contributed by atoms with Gasteiger partial charge in [-0.2, -0.15) is 0 Å². The molecule has 0 aliphatic heterocycles. The van der Waals surface area contributed by atoms with E-state index in [1.54, 1.807) is 18.2 Å². The van der Waals surface area contributed by atoms with Crippen molar-refractivity contribution in [1.82, 2.24) is 0 Å². The molecule has 0 saturated heterocycles. The Morgan fingerprint density at radius 3 is 2.65 bits per heavy atom. The fourth-order valence-corrected chi connectivity index (χ4v) is 1.28.